The standard InChI is InChI=1S/C21H23N5O2/c1-15-23-20(28-25-15)17-10-5-12-22-19(17)24-18-11-14-26(21(18)27)13-6-9-16-7-3-2-4-8-16/h2-5,7-8,10,12,18H,6,9,11,13-14H2,1H3,(H,22,24). The third-order valence-corrected chi connectivity index (χ3v) is 4.91. The van der Waals surface area contributed by atoms with Crippen molar-refractivity contribution in [2.24, 2.45) is 0 Å². The summed E-state index contributed by atoms with van der Waals surface area (Å²) in [5, 5.41) is 7.11. The van der Waals surface area contributed by atoms with Crippen molar-refractivity contribution in [3.8, 4) is 11.5 Å². The van der Waals surface area contributed by atoms with Crippen LogP contribution in [0.3, 0.4) is 0 Å². The Kier molecular flexibility index (Phi) is 5.32. The highest BCUT2D eigenvalue weighted by Gasteiger charge is 2.32. The minimum atomic E-state index is -0.283. The SMILES string of the molecule is Cc1noc(-c2cccnc2NC2CCN(CCCc3ccccc3)C2=O)n1. The van der Waals surface area contributed by atoms with Crippen LogP contribution < -0.4 is 5.32 Å². The van der Waals surface area contributed by atoms with Crippen LogP contribution in [0.2, 0.25) is 0 Å². The molecule has 1 amide bonds. The number of amides is 1. The highest BCUT2D eigenvalue weighted by molar-refractivity contribution is 5.87. The van der Waals surface area contributed by atoms with E-state index in [9.17, 15) is 4.79 Å². The number of nitrogens with zero attached hydrogens (tertiary/aromatic N) is 4. The lowest BCUT2D eigenvalue weighted by Gasteiger charge is -2.18. The van der Waals surface area contributed by atoms with Crippen molar-refractivity contribution in [3.63, 3.8) is 0 Å². The van der Waals surface area contributed by atoms with E-state index >= 15 is 0 Å². The molecule has 3 heterocycles. The maximum absolute atomic E-state index is 12.8. The van der Waals surface area contributed by atoms with Gasteiger partial charge in [-0.1, -0.05) is 35.5 Å². The molecule has 1 aromatic carbocycles. The summed E-state index contributed by atoms with van der Waals surface area (Å²) in [4.78, 5) is 23.4. The molecular formula is C21H23N5O2. The Morgan fingerprint density at radius 3 is 2.86 bits per heavy atom. The first kappa shape index (κ1) is 18.2. The van der Waals surface area contributed by atoms with Crippen LogP contribution in [0, 0.1) is 6.92 Å². The van der Waals surface area contributed by atoms with Crippen molar-refractivity contribution in [1.29, 1.82) is 0 Å². The van der Waals surface area contributed by atoms with Crippen LogP contribution >= 0.6 is 0 Å². The zero-order valence-electron chi connectivity index (χ0n) is 15.8. The van der Waals surface area contributed by atoms with Crippen LogP contribution in [0.15, 0.2) is 53.2 Å². The lowest BCUT2D eigenvalue weighted by molar-refractivity contribution is -0.128. The van der Waals surface area contributed by atoms with Gasteiger partial charge in [-0.3, -0.25) is 4.79 Å². The number of hydrogen-bond acceptors (Lipinski definition) is 6. The minimum absolute atomic E-state index is 0.117. The molecule has 1 aliphatic heterocycles. The fourth-order valence-corrected chi connectivity index (χ4v) is 3.48. The molecule has 2 aromatic heterocycles. The predicted octanol–water partition coefficient (Wildman–Crippen LogP) is 3.09. The summed E-state index contributed by atoms with van der Waals surface area (Å²) in [6, 6.07) is 13.7. The number of nitrogens with one attached hydrogen (secondary N) is 1. The topological polar surface area (TPSA) is 84.2 Å². The second kappa shape index (κ2) is 8.21. The van der Waals surface area contributed by atoms with Gasteiger partial charge in [0.25, 0.3) is 5.89 Å². The first-order valence-corrected chi connectivity index (χ1v) is 9.55. The molecule has 0 saturated carbocycles. The molecule has 1 fully saturated rings. The van der Waals surface area contributed by atoms with Gasteiger partial charge in [-0.25, -0.2) is 4.98 Å². The Morgan fingerprint density at radius 2 is 2.07 bits per heavy atom. The van der Waals surface area contributed by atoms with Crippen molar-refractivity contribution in [2.45, 2.75) is 32.2 Å². The average Bonchev–Trinajstić information content (AvgIpc) is 3.30. The summed E-state index contributed by atoms with van der Waals surface area (Å²) in [6.45, 7) is 3.29. The third-order valence-electron chi connectivity index (χ3n) is 4.91. The fourth-order valence-electron chi connectivity index (χ4n) is 3.48. The highest BCUT2D eigenvalue weighted by Crippen LogP contribution is 2.26. The quantitative estimate of drug-likeness (QED) is 0.681. The van der Waals surface area contributed by atoms with Gasteiger partial charge >= 0.3 is 0 Å². The zero-order valence-corrected chi connectivity index (χ0v) is 15.8. The monoisotopic (exact) mass is 377 g/mol. The molecule has 3 aromatic rings. The van der Waals surface area contributed by atoms with Gasteiger partial charge in [0, 0.05) is 19.3 Å². The summed E-state index contributed by atoms with van der Waals surface area (Å²) in [5.74, 6) is 1.67. The van der Waals surface area contributed by atoms with E-state index in [1.165, 1.54) is 5.56 Å². The molecule has 1 aliphatic rings. The van der Waals surface area contributed by atoms with Crippen LogP contribution in [-0.4, -0.2) is 45.1 Å². The number of hydrogen-bond donors (Lipinski definition) is 1. The Bertz CT molecular complexity index is 941. The molecule has 1 atom stereocenters. The Morgan fingerprint density at radius 1 is 1.21 bits per heavy atom. The van der Waals surface area contributed by atoms with E-state index in [0.717, 1.165) is 32.4 Å². The summed E-state index contributed by atoms with van der Waals surface area (Å²) in [7, 11) is 0. The van der Waals surface area contributed by atoms with E-state index in [4.69, 9.17) is 4.52 Å². The average molecular weight is 377 g/mol. The lowest BCUT2D eigenvalue weighted by Crippen LogP contribution is -2.34. The molecule has 0 bridgehead atoms. The zero-order chi connectivity index (χ0) is 19.3. The van der Waals surface area contributed by atoms with Gasteiger partial charge in [0.1, 0.15) is 11.9 Å². The Labute approximate surface area is 163 Å². The van der Waals surface area contributed by atoms with Crippen LogP contribution in [0.1, 0.15) is 24.2 Å². The number of carbonyl (C=O) groups excluding carboxylic acids is 1. The summed E-state index contributed by atoms with van der Waals surface area (Å²) in [6.07, 6.45) is 4.37. The van der Waals surface area contributed by atoms with Crippen molar-refractivity contribution in [3.05, 3.63) is 60.0 Å². The van der Waals surface area contributed by atoms with E-state index in [1.54, 1.807) is 13.1 Å². The summed E-state index contributed by atoms with van der Waals surface area (Å²) >= 11 is 0. The molecule has 7 heteroatoms. The van der Waals surface area contributed by atoms with Crippen LogP contribution in [0.25, 0.3) is 11.5 Å². The van der Waals surface area contributed by atoms with Crippen LogP contribution in [-0.2, 0) is 11.2 Å². The number of aromatic nitrogens is 3. The number of anilines is 1. The van der Waals surface area contributed by atoms with E-state index in [-0.39, 0.29) is 11.9 Å². The molecule has 0 radical (unpaired) electrons. The Hall–Kier alpha value is -3.22. The van der Waals surface area contributed by atoms with Crippen molar-refractivity contribution >= 4 is 11.7 Å². The van der Waals surface area contributed by atoms with Crippen LogP contribution in [0.4, 0.5) is 5.82 Å². The molecule has 0 aliphatic carbocycles. The van der Waals surface area contributed by atoms with Gasteiger partial charge in [0.05, 0.1) is 5.56 Å². The second-order valence-electron chi connectivity index (χ2n) is 6.95. The number of benzene rings is 1. The first-order chi connectivity index (χ1) is 13.7. The lowest BCUT2D eigenvalue weighted by atomic mass is 10.1. The summed E-state index contributed by atoms with van der Waals surface area (Å²) in [5.41, 5.74) is 2.01. The first-order valence-electron chi connectivity index (χ1n) is 9.55. The molecular weight excluding hydrogens is 354 g/mol. The predicted molar refractivity (Wildman–Crippen MR) is 106 cm³/mol. The molecule has 1 saturated heterocycles. The fraction of sp³-hybridized carbons (Fsp3) is 0.333. The van der Waals surface area contributed by atoms with Gasteiger partial charge in [0.15, 0.2) is 5.82 Å². The molecule has 7 nitrogen and oxygen atoms in total. The van der Waals surface area contributed by atoms with E-state index < -0.39 is 0 Å². The van der Waals surface area contributed by atoms with Gasteiger partial charge < -0.3 is 14.7 Å². The minimum Gasteiger partial charge on any atom is -0.358 e. The molecule has 1 unspecified atom stereocenters. The van der Waals surface area contributed by atoms with Crippen molar-refractivity contribution in [1.82, 2.24) is 20.0 Å². The molecule has 4 rings (SSSR count). The number of aryl methyl sites for hydroxylation is 2. The van der Waals surface area contributed by atoms with E-state index in [2.05, 4.69) is 32.6 Å². The summed E-state index contributed by atoms with van der Waals surface area (Å²) < 4.78 is 5.26. The van der Waals surface area contributed by atoms with E-state index in [1.807, 2.05) is 35.2 Å². The molecule has 1 N–H and O–H groups in total. The number of rotatable bonds is 7. The number of pyridine rings is 1. The molecule has 28 heavy (non-hydrogen) atoms. The number of likely N-dealkylation sites (tertiary alicyclic amines) is 1. The highest BCUT2D eigenvalue weighted by atomic mass is 16.5. The Balaban J connectivity index is 1.37. The maximum Gasteiger partial charge on any atom is 0.261 e. The van der Waals surface area contributed by atoms with E-state index in [0.29, 0.717) is 23.1 Å². The van der Waals surface area contributed by atoms with Gasteiger partial charge in [-0.15, -0.1) is 0 Å². The maximum atomic E-state index is 12.8. The molecule has 0 spiro atoms. The largest absolute Gasteiger partial charge is 0.358 e. The second-order valence-corrected chi connectivity index (χ2v) is 6.95. The van der Waals surface area contributed by atoms with Crippen molar-refractivity contribution < 1.29 is 9.32 Å². The van der Waals surface area contributed by atoms with Gasteiger partial charge in [-0.2, -0.15) is 4.98 Å². The normalized spacial score (nSPS) is 16.5. The number of carbonyl (C=O) groups is 1. The van der Waals surface area contributed by atoms with Crippen molar-refractivity contribution in [2.75, 3.05) is 18.4 Å². The van der Waals surface area contributed by atoms with Gasteiger partial charge in [-0.05, 0) is 43.9 Å². The third kappa shape index (κ3) is 4.03. The smallest absolute Gasteiger partial charge is 0.261 e. The van der Waals surface area contributed by atoms with Gasteiger partial charge in [0.2, 0.25) is 5.91 Å². The van der Waals surface area contributed by atoms with Crippen LogP contribution in [0.5, 0.6) is 0 Å². The molecule has 144 valence electrons.